The summed E-state index contributed by atoms with van der Waals surface area (Å²) >= 11 is 0. The van der Waals surface area contributed by atoms with Crippen LogP contribution in [0.4, 0.5) is 0 Å². The van der Waals surface area contributed by atoms with Crippen LogP contribution in [0.1, 0.15) is 35.1 Å². The zero-order valence-corrected chi connectivity index (χ0v) is 17.8. The van der Waals surface area contributed by atoms with Crippen molar-refractivity contribution in [3.63, 3.8) is 0 Å². The lowest BCUT2D eigenvalue weighted by Crippen LogP contribution is -2.46. The Hall–Kier alpha value is -3.24. The van der Waals surface area contributed by atoms with Crippen molar-refractivity contribution >= 4 is 11.8 Å². The molecule has 1 aliphatic carbocycles. The lowest BCUT2D eigenvalue weighted by Gasteiger charge is -2.39. The van der Waals surface area contributed by atoms with Gasteiger partial charge >= 0.3 is 5.97 Å². The molecule has 0 amide bonds. The van der Waals surface area contributed by atoms with Crippen LogP contribution in [0, 0.1) is 17.8 Å². The molecule has 3 aromatic carbocycles. The molecule has 0 unspecified atom stereocenters. The highest BCUT2D eigenvalue weighted by atomic mass is 16.6. The van der Waals surface area contributed by atoms with Crippen LogP contribution in [0.15, 0.2) is 91.0 Å². The van der Waals surface area contributed by atoms with Gasteiger partial charge in [0.15, 0.2) is 0 Å². The predicted octanol–water partition coefficient (Wildman–Crippen LogP) is 5.11. The summed E-state index contributed by atoms with van der Waals surface area (Å²) in [5.74, 6) is -0.850. The van der Waals surface area contributed by atoms with Gasteiger partial charge in [0, 0.05) is 18.3 Å². The first-order valence-corrected chi connectivity index (χ1v) is 11.2. The number of hydrogen-bond donors (Lipinski definition) is 0. The molecule has 5 rings (SSSR count). The summed E-state index contributed by atoms with van der Waals surface area (Å²) in [5.41, 5.74) is 3.13. The Morgan fingerprint density at radius 2 is 1.34 bits per heavy atom. The van der Waals surface area contributed by atoms with E-state index in [1.54, 1.807) is 0 Å². The molecule has 0 bridgehead atoms. The van der Waals surface area contributed by atoms with E-state index in [4.69, 9.17) is 9.47 Å². The average Bonchev–Trinajstić information content (AvgIpc) is 3.18. The quantitative estimate of drug-likeness (QED) is 0.493. The molecule has 5 atom stereocenters. The van der Waals surface area contributed by atoms with Gasteiger partial charge < -0.3 is 9.47 Å². The summed E-state index contributed by atoms with van der Waals surface area (Å²) in [6, 6.07) is 29.9. The number of ketones is 1. The molecule has 0 spiro atoms. The summed E-state index contributed by atoms with van der Waals surface area (Å²) in [6.07, 6.45) is 0.0574. The number of cyclic esters (lactones) is 1. The lowest BCUT2D eigenvalue weighted by molar-refractivity contribution is -0.152. The number of esters is 1. The smallest absolute Gasteiger partial charge is 0.310 e. The van der Waals surface area contributed by atoms with Gasteiger partial charge in [-0.05, 0) is 22.6 Å². The van der Waals surface area contributed by atoms with Gasteiger partial charge in [-0.2, -0.15) is 0 Å². The minimum absolute atomic E-state index is 0.0651. The van der Waals surface area contributed by atoms with Crippen LogP contribution >= 0.6 is 0 Å². The summed E-state index contributed by atoms with van der Waals surface area (Å²) < 4.78 is 11.8. The van der Waals surface area contributed by atoms with Gasteiger partial charge in [0.2, 0.25) is 0 Å². The van der Waals surface area contributed by atoms with Crippen LogP contribution in [0.5, 0.6) is 0 Å². The monoisotopic (exact) mass is 426 g/mol. The maximum Gasteiger partial charge on any atom is 0.310 e. The Labute approximate surface area is 188 Å². The van der Waals surface area contributed by atoms with Crippen molar-refractivity contribution in [1.29, 1.82) is 0 Å². The van der Waals surface area contributed by atoms with Crippen LogP contribution in [-0.2, 0) is 25.7 Å². The fourth-order valence-electron chi connectivity index (χ4n) is 5.10. The summed E-state index contributed by atoms with van der Waals surface area (Å²) in [4.78, 5) is 25.7. The van der Waals surface area contributed by atoms with Crippen LogP contribution < -0.4 is 0 Å². The van der Waals surface area contributed by atoms with E-state index in [1.807, 2.05) is 78.9 Å². The molecule has 0 aromatic heterocycles. The molecule has 0 N–H and O–H groups in total. The van der Waals surface area contributed by atoms with E-state index in [0.29, 0.717) is 19.6 Å². The maximum absolute atomic E-state index is 13.1. The molecule has 1 aliphatic heterocycles. The second kappa shape index (κ2) is 9.09. The van der Waals surface area contributed by atoms with Crippen molar-refractivity contribution < 1.29 is 19.1 Å². The van der Waals surface area contributed by atoms with E-state index in [-0.39, 0.29) is 41.5 Å². The standard InChI is InChI=1S/C28H26O4/c29-24-16-22(23(24)18-31-17-19-10-4-1-5-11-19)26-25(20-12-6-2-7-13-20)27(32-28(26)30)21-14-8-3-9-15-21/h1-15,22-23,25-27H,16-18H2/t22-,23+,25+,26+,27+/m1/s1. The highest BCUT2D eigenvalue weighted by Gasteiger charge is 2.56. The molecule has 2 fully saturated rings. The first-order valence-electron chi connectivity index (χ1n) is 11.2. The first kappa shape index (κ1) is 20.7. The number of carbonyl (C=O) groups is 2. The minimum Gasteiger partial charge on any atom is -0.457 e. The molecular weight excluding hydrogens is 400 g/mol. The van der Waals surface area contributed by atoms with E-state index in [9.17, 15) is 9.59 Å². The predicted molar refractivity (Wildman–Crippen MR) is 121 cm³/mol. The second-order valence-electron chi connectivity index (χ2n) is 8.67. The van der Waals surface area contributed by atoms with Crippen molar-refractivity contribution in [3.8, 4) is 0 Å². The highest BCUT2D eigenvalue weighted by Crippen LogP contribution is 2.53. The fraction of sp³-hybridized carbons (Fsp3) is 0.286. The number of rotatable bonds is 7. The van der Waals surface area contributed by atoms with Crippen LogP contribution in [-0.4, -0.2) is 18.4 Å². The average molecular weight is 427 g/mol. The normalized spacial score (nSPS) is 27.1. The van der Waals surface area contributed by atoms with Gasteiger partial charge in [0.05, 0.1) is 19.1 Å². The molecular formula is C28H26O4. The molecule has 2 aliphatic rings. The number of benzene rings is 3. The van der Waals surface area contributed by atoms with Crippen molar-refractivity contribution in [2.45, 2.75) is 25.0 Å². The number of ether oxygens (including phenoxy) is 2. The second-order valence-corrected chi connectivity index (χ2v) is 8.67. The van der Waals surface area contributed by atoms with Gasteiger partial charge in [0.1, 0.15) is 11.9 Å². The van der Waals surface area contributed by atoms with Gasteiger partial charge in [-0.1, -0.05) is 91.0 Å². The Bertz CT molecular complexity index is 1060. The molecule has 1 saturated carbocycles. The van der Waals surface area contributed by atoms with Crippen molar-refractivity contribution in [2.75, 3.05) is 6.61 Å². The molecule has 4 heteroatoms. The van der Waals surface area contributed by atoms with Gasteiger partial charge in [-0.25, -0.2) is 0 Å². The first-order chi connectivity index (χ1) is 15.7. The number of hydrogen-bond acceptors (Lipinski definition) is 4. The number of carbonyl (C=O) groups excluding carboxylic acids is 2. The third-order valence-electron chi connectivity index (χ3n) is 6.78. The fourth-order valence-corrected chi connectivity index (χ4v) is 5.10. The van der Waals surface area contributed by atoms with E-state index in [1.165, 1.54) is 0 Å². The molecule has 1 saturated heterocycles. The topological polar surface area (TPSA) is 52.6 Å². The number of Topliss-reactive ketones (excluding diaryl/α,β-unsaturated/α-hetero) is 1. The van der Waals surface area contributed by atoms with E-state index in [2.05, 4.69) is 12.1 Å². The molecule has 0 radical (unpaired) electrons. The Balaban J connectivity index is 1.38. The Kier molecular flexibility index (Phi) is 5.87. The van der Waals surface area contributed by atoms with Gasteiger partial charge in [0.25, 0.3) is 0 Å². The molecule has 32 heavy (non-hydrogen) atoms. The van der Waals surface area contributed by atoms with Gasteiger partial charge in [-0.15, -0.1) is 0 Å². The van der Waals surface area contributed by atoms with Crippen molar-refractivity contribution in [2.24, 2.45) is 17.8 Å². The van der Waals surface area contributed by atoms with Gasteiger partial charge in [-0.3, -0.25) is 9.59 Å². The third-order valence-corrected chi connectivity index (χ3v) is 6.78. The zero-order valence-electron chi connectivity index (χ0n) is 17.8. The molecule has 4 nitrogen and oxygen atoms in total. The van der Waals surface area contributed by atoms with E-state index >= 15 is 0 Å². The van der Waals surface area contributed by atoms with Crippen molar-refractivity contribution in [3.05, 3.63) is 108 Å². The summed E-state index contributed by atoms with van der Waals surface area (Å²) in [5, 5.41) is 0. The summed E-state index contributed by atoms with van der Waals surface area (Å²) in [6.45, 7) is 0.793. The lowest BCUT2D eigenvalue weighted by atomic mass is 9.61. The van der Waals surface area contributed by atoms with E-state index < -0.39 is 0 Å². The Morgan fingerprint density at radius 1 is 0.750 bits per heavy atom. The molecule has 162 valence electrons. The van der Waals surface area contributed by atoms with E-state index in [0.717, 1.165) is 16.7 Å². The summed E-state index contributed by atoms with van der Waals surface area (Å²) in [7, 11) is 0. The minimum atomic E-state index is -0.356. The Morgan fingerprint density at radius 3 is 1.97 bits per heavy atom. The van der Waals surface area contributed by atoms with Crippen LogP contribution in [0.2, 0.25) is 0 Å². The SMILES string of the molecule is O=C1O[C@@H](c2ccccc2)[C@@H](c2ccccc2)[C@@H]1[C@@H]1CC(=O)[C@H]1COCc1ccccc1. The van der Waals surface area contributed by atoms with Crippen LogP contribution in [0.25, 0.3) is 0 Å². The third kappa shape index (κ3) is 3.98. The highest BCUT2D eigenvalue weighted by molar-refractivity contribution is 5.90. The van der Waals surface area contributed by atoms with Crippen molar-refractivity contribution in [1.82, 2.24) is 0 Å². The zero-order chi connectivity index (χ0) is 21.9. The van der Waals surface area contributed by atoms with Crippen LogP contribution in [0.3, 0.4) is 0 Å². The molecule has 1 heterocycles. The maximum atomic E-state index is 13.1. The largest absolute Gasteiger partial charge is 0.457 e. The molecule has 3 aromatic rings.